The highest BCUT2D eigenvalue weighted by Gasteiger charge is 2.23. The smallest absolute Gasteiger partial charge is 0.141 e. The van der Waals surface area contributed by atoms with Crippen molar-refractivity contribution < 1.29 is 0 Å². The zero-order valence-electron chi connectivity index (χ0n) is 11.3. The molecule has 5 heteroatoms. The van der Waals surface area contributed by atoms with E-state index in [2.05, 4.69) is 49.4 Å². The highest BCUT2D eigenvalue weighted by molar-refractivity contribution is 9.09. The number of alkyl halides is 1. The Labute approximate surface area is 118 Å². The van der Waals surface area contributed by atoms with E-state index in [4.69, 9.17) is 0 Å². The molecule has 1 aromatic heterocycles. The molecule has 2 rings (SSSR count). The molecule has 1 aromatic rings. The van der Waals surface area contributed by atoms with Crippen LogP contribution < -0.4 is 0 Å². The second-order valence-electron chi connectivity index (χ2n) is 5.62. The van der Waals surface area contributed by atoms with Gasteiger partial charge in [-0.15, -0.1) is 0 Å². The Morgan fingerprint density at radius 3 is 3.06 bits per heavy atom. The van der Waals surface area contributed by atoms with Gasteiger partial charge in [0.15, 0.2) is 0 Å². The second kappa shape index (κ2) is 6.66. The van der Waals surface area contributed by atoms with Crippen LogP contribution in [-0.2, 0) is 13.1 Å². The van der Waals surface area contributed by atoms with Gasteiger partial charge in [-0.3, -0.25) is 4.90 Å². The molecule has 1 saturated heterocycles. The van der Waals surface area contributed by atoms with Crippen LogP contribution >= 0.6 is 15.9 Å². The summed E-state index contributed by atoms with van der Waals surface area (Å²) in [4.78, 5) is 6.91. The first kappa shape index (κ1) is 14.0. The Hall–Kier alpha value is -0.420. The number of nitrogens with zero attached hydrogens (tertiary/aromatic N) is 4. The van der Waals surface area contributed by atoms with Gasteiger partial charge in [-0.25, -0.2) is 9.67 Å². The Kier molecular flexibility index (Phi) is 5.18. The van der Waals surface area contributed by atoms with Crippen molar-refractivity contribution in [3.8, 4) is 0 Å². The average Bonchev–Trinajstić information content (AvgIpc) is 2.90. The lowest BCUT2D eigenvalue weighted by Crippen LogP contribution is -2.23. The van der Waals surface area contributed by atoms with Crippen molar-refractivity contribution in [2.75, 3.05) is 18.4 Å². The van der Waals surface area contributed by atoms with E-state index >= 15 is 0 Å². The van der Waals surface area contributed by atoms with Gasteiger partial charge < -0.3 is 0 Å². The van der Waals surface area contributed by atoms with E-state index in [0.717, 1.165) is 30.2 Å². The Morgan fingerprint density at radius 1 is 1.50 bits per heavy atom. The number of aromatic nitrogens is 3. The number of halogens is 1. The van der Waals surface area contributed by atoms with Crippen LogP contribution in [0.2, 0.25) is 0 Å². The van der Waals surface area contributed by atoms with Crippen molar-refractivity contribution in [2.45, 2.75) is 39.8 Å². The van der Waals surface area contributed by atoms with Crippen LogP contribution in [0.5, 0.6) is 0 Å². The van der Waals surface area contributed by atoms with Crippen molar-refractivity contribution in [1.82, 2.24) is 19.7 Å². The third kappa shape index (κ3) is 3.79. The van der Waals surface area contributed by atoms with E-state index in [-0.39, 0.29) is 0 Å². The molecule has 0 saturated carbocycles. The van der Waals surface area contributed by atoms with Gasteiger partial charge in [0, 0.05) is 18.4 Å². The van der Waals surface area contributed by atoms with E-state index in [0.29, 0.717) is 5.92 Å². The van der Waals surface area contributed by atoms with Crippen LogP contribution in [0.25, 0.3) is 0 Å². The summed E-state index contributed by atoms with van der Waals surface area (Å²) in [6.07, 6.45) is 4.29. The molecule has 4 nitrogen and oxygen atoms in total. The molecular formula is C13H23BrN4. The van der Waals surface area contributed by atoms with Crippen LogP contribution in [-0.4, -0.2) is 38.1 Å². The fourth-order valence-electron chi connectivity index (χ4n) is 2.56. The van der Waals surface area contributed by atoms with Crippen LogP contribution in [0.15, 0.2) is 6.33 Å². The molecule has 0 amide bonds. The summed E-state index contributed by atoms with van der Waals surface area (Å²) in [5.41, 5.74) is 0. The maximum absolute atomic E-state index is 4.40. The van der Waals surface area contributed by atoms with Crippen molar-refractivity contribution in [3.05, 3.63) is 12.2 Å². The minimum atomic E-state index is 0.616. The number of likely N-dealkylation sites (tertiary alicyclic amines) is 1. The van der Waals surface area contributed by atoms with Crippen LogP contribution in [0.3, 0.4) is 0 Å². The summed E-state index contributed by atoms with van der Waals surface area (Å²) >= 11 is 3.53. The Morgan fingerprint density at radius 2 is 2.33 bits per heavy atom. The SMILES string of the molecule is CC(C)Cn1ncnc1CN1CCC(CCBr)C1. The molecule has 0 spiro atoms. The third-order valence-electron chi connectivity index (χ3n) is 3.49. The fourth-order valence-corrected chi connectivity index (χ4v) is 3.20. The number of rotatable bonds is 6. The average molecular weight is 315 g/mol. The highest BCUT2D eigenvalue weighted by atomic mass is 79.9. The molecule has 102 valence electrons. The molecule has 0 aromatic carbocycles. The van der Waals surface area contributed by atoms with Gasteiger partial charge in [0.25, 0.3) is 0 Å². The number of hydrogen-bond acceptors (Lipinski definition) is 3. The van der Waals surface area contributed by atoms with Crippen LogP contribution in [0, 0.1) is 11.8 Å². The van der Waals surface area contributed by atoms with Gasteiger partial charge in [0.2, 0.25) is 0 Å². The molecule has 18 heavy (non-hydrogen) atoms. The van der Waals surface area contributed by atoms with Crippen molar-refractivity contribution in [2.24, 2.45) is 11.8 Å². The molecule has 1 aliphatic rings. The molecule has 0 N–H and O–H groups in total. The van der Waals surface area contributed by atoms with E-state index in [9.17, 15) is 0 Å². The number of hydrogen-bond donors (Lipinski definition) is 0. The predicted octanol–water partition coefficient (Wildman–Crippen LogP) is 2.54. The maximum Gasteiger partial charge on any atom is 0.141 e. The lowest BCUT2D eigenvalue weighted by Gasteiger charge is -2.16. The lowest BCUT2D eigenvalue weighted by atomic mass is 10.1. The van der Waals surface area contributed by atoms with Gasteiger partial charge in [-0.2, -0.15) is 5.10 Å². The van der Waals surface area contributed by atoms with Crippen molar-refractivity contribution >= 4 is 15.9 Å². The minimum Gasteiger partial charge on any atom is -0.296 e. The predicted molar refractivity (Wildman–Crippen MR) is 76.7 cm³/mol. The zero-order valence-corrected chi connectivity index (χ0v) is 12.9. The van der Waals surface area contributed by atoms with E-state index in [1.807, 2.05) is 0 Å². The second-order valence-corrected chi connectivity index (χ2v) is 6.41. The molecule has 1 fully saturated rings. The highest BCUT2D eigenvalue weighted by Crippen LogP contribution is 2.21. The summed E-state index contributed by atoms with van der Waals surface area (Å²) in [6, 6.07) is 0. The molecule has 0 aliphatic carbocycles. The first-order chi connectivity index (χ1) is 8.69. The van der Waals surface area contributed by atoms with Gasteiger partial charge >= 0.3 is 0 Å². The maximum atomic E-state index is 4.40. The summed E-state index contributed by atoms with van der Waals surface area (Å²) in [5, 5.41) is 5.45. The van der Waals surface area contributed by atoms with Crippen molar-refractivity contribution in [1.29, 1.82) is 0 Å². The summed E-state index contributed by atoms with van der Waals surface area (Å²) < 4.78 is 2.06. The third-order valence-corrected chi connectivity index (χ3v) is 3.94. The van der Waals surface area contributed by atoms with Crippen LogP contribution in [0.4, 0.5) is 0 Å². The van der Waals surface area contributed by atoms with Crippen molar-refractivity contribution in [3.63, 3.8) is 0 Å². The molecule has 1 unspecified atom stereocenters. The summed E-state index contributed by atoms with van der Waals surface area (Å²) in [5.74, 6) is 2.58. The summed E-state index contributed by atoms with van der Waals surface area (Å²) in [6.45, 7) is 8.76. The largest absolute Gasteiger partial charge is 0.296 e. The molecular weight excluding hydrogens is 292 g/mol. The molecule has 0 radical (unpaired) electrons. The minimum absolute atomic E-state index is 0.616. The van der Waals surface area contributed by atoms with E-state index < -0.39 is 0 Å². The first-order valence-corrected chi connectivity index (χ1v) is 7.96. The lowest BCUT2D eigenvalue weighted by molar-refractivity contribution is 0.296. The van der Waals surface area contributed by atoms with E-state index in [1.165, 1.54) is 25.9 Å². The Bertz CT molecular complexity index is 364. The fraction of sp³-hybridized carbons (Fsp3) is 0.846. The molecule has 2 heterocycles. The first-order valence-electron chi connectivity index (χ1n) is 6.84. The molecule has 0 bridgehead atoms. The van der Waals surface area contributed by atoms with E-state index in [1.54, 1.807) is 6.33 Å². The molecule has 1 aliphatic heterocycles. The standard InChI is InChI=1S/C13H23BrN4/c1-11(2)7-18-13(15-10-16-18)9-17-6-4-12(8-17)3-5-14/h10-12H,3-9H2,1-2H3. The van der Waals surface area contributed by atoms with Crippen LogP contribution in [0.1, 0.15) is 32.5 Å². The zero-order chi connectivity index (χ0) is 13.0. The van der Waals surface area contributed by atoms with Gasteiger partial charge in [0.05, 0.1) is 6.54 Å². The van der Waals surface area contributed by atoms with Gasteiger partial charge in [-0.1, -0.05) is 29.8 Å². The topological polar surface area (TPSA) is 34.0 Å². The quantitative estimate of drug-likeness (QED) is 0.757. The molecule has 1 atom stereocenters. The normalized spacial score (nSPS) is 21.0. The van der Waals surface area contributed by atoms with Gasteiger partial charge in [0.1, 0.15) is 12.2 Å². The Balaban J connectivity index is 1.88. The van der Waals surface area contributed by atoms with Gasteiger partial charge in [-0.05, 0) is 31.2 Å². The monoisotopic (exact) mass is 314 g/mol. The summed E-state index contributed by atoms with van der Waals surface area (Å²) in [7, 11) is 0.